The Hall–Kier alpha value is -1.90. The van der Waals surface area contributed by atoms with Crippen molar-refractivity contribution in [1.29, 1.82) is 0 Å². The van der Waals surface area contributed by atoms with E-state index in [4.69, 9.17) is 0 Å². The number of benzene rings is 1. The highest BCUT2D eigenvalue weighted by Crippen LogP contribution is 2.21. The zero-order valence-electron chi connectivity index (χ0n) is 11.3. The monoisotopic (exact) mass is 256 g/mol. The number of hydrogen-bond acceptors (Lipinski definition) is 2. The fourth-order valence-corrected chi connectivity index (χ4v) is 2.25. The lowest BCUT2D eigenvalue weighted by molar-refractivity contribution is 0.0917. The van der Waals surface area contributed by atoms with Gasteiger partial charge in [0.1, 0.15) is 0 Å². The first-order valence-electron chi connectivity index (χ1n) is 6.89. The quantitative estimate of drug-likeness (QED) is 0.556. The van der Waals surface area contributed by atoms with Crippen LogP contribution in [0.15, 0.2) is 49.1 Å². The number of rotatable bonds is 7. The Labute approximate surface area is 114 Å². The average molecular weight is 256 g/mol. The van der Waals surface area contributed by atoms with Crippen molar-refractivity contribution in [3.05, 3.63) is 54.6 Å². The number of carbonyl (C=O) groups is 1. The summed E-state index contributed by atoms with van der Waals surface area (Å²) >= 11 is 0. The van der Waals surface area contributed by atoms with Crippen LogP contribution in [0.1, 0.15) is 49.0 Å². The predicted molar refractivity (Wildman–Crippen MR) is 76.2 cm³/mol. The fourth-order valence-electron chi connectivity index (χ4n) is 2.25. The van der Waals surface area contributed by atoms with Crippen molar-refractivity contribution >= 4 is 5.78 Å². The topological polar surface area (TPSA) is 34.9 Å². The first-order chi connectivity index (χ1) is 9.33. The van der Waals surface area contributed by atoms with E-state index in [1.807, 2.05) is 41.1 Å². The molecule has 19 heavy (non-hydrogen) atoms. The Kier molecular flexibility index (Phi) is 4.90. The highest BCUT2D eigenvalue weighted by Gasteiger charge is 2.20. The molecule has 3 heteroatoms. The number of nitrogens with zero attached hydrogens (tertiary/aromatic N) is 2. The molecule has 0 aliphatic rings. The zero-order chi connectivity index (χ0) is 13.5. The van der Waals surface area contributed by atoms with Crippen LogP contribution in [0.3, 0.4) is 0 Å². The minimum atomic E-state index is -0.128. The van der Waals surface area contributed by atoms with Crippen LogP contribution in [0.4, 0.5) is 0 Å². The van der Waals surface area contributed by atoms with E-state index < -0.39 is 0 Å². The minimum absolute atomic E-state index is 0.128. The molecule has 0 aliphatic carbocycles. The predicted octanol–water partition coefficient (Wildman–Crippen LogP) is 3.89. The van der Waals surface area contributed by atoms with E-state index in [0.29, 0.717) is 0 Å². The SMILES string of the molecule is CCCCCC(C(=O)c1ccccc1)n1ccnc1. The third-order valence-electron chi connectivity index (χ3n) is 3.33. The molecular weight excluding hydrogens is 236 g/mol. The Morgan fingerprint density at radius 2 is 2.05 bits per heavy atom. The number of Topliss-reactive ketones (excluding diaryl/α,β-unsaturated/α-hetero) is 1. The second kappa shape index (κ2) is 6.88. The number of unbranched alkanes of at least 4 members (excludes halogenated alkanes) is 2. The first-order valence-corrected chi connectivity index (χ1v) is 6.89. The smallest absolute Gasteiger partial charge is 0.185 e. The van der Waals surface area contributed by atoms with Gasteiger partial charge in [-0.3, -0.25) is 4.79 Å². The van der Waals surface area contributed by atoms with Gasteiger partial charge in [0.2, 0.25) is 0 Å². The maximum absolute atomic E-state index is 12.6. The Morgan fingerprint density at radius 3 is 2.68 bits per heavy atom. The van der Waals surface area contributed by atoms with Crippen LogP contribution >= 0.6 is 0 Å². The summed E-state index contributed by atoms with van der Waals surface area (Å²) in [6.45, 7) is 2.17. The lowest BCUT2D eigenvalue weighted by Crippen LogP contribution is -2.18. The minimum Gasteiger partial charge on any atom is -0.327 e. The van der Waals surface area contributed by atoms with Crippen LogP contribution in [0.2, 0.25) is 0 Å². The largest absolute Gasteiger partial charge is 0.327 e. The number of aromatic nitrogens is 2. The van der Waals surface area contributed by atoms with Crippen molar-refractivity contribution in [2.24, 2.45) is 0 Å². The van der Waals surface area contributed by atoms with Gasteiger partial charge in [-0.1, -0.05) is 56.5 Å². The van der Waals surface area contributed by atoms with Crippen LogP contribution in [0.25, 0.3) is 0 Å². The first kappa shape index (κ1) is 13.5. The second-order valence-corrected chi connectivity index (χ2v) is 4.75. The maximum atomic E-state index is 12.6. The summed E-state index contributed by atoms with van der Waals surface area (Å²) in [4.78, 5) is 16.6. The second-order valence-electron chi connectivity index (χ2n) is 4.75. The number of imidazole rings is 1. The molecule has 3 nitrogen and oxygen atoms in total. The molecule has 1 heterocycles. The fraction of sp³-hybridized carbons (Fsp3) is 0.375. The van der Waals surface area contributed by atoms with Gasteiger partial charge in [-0.25, -0.2) is 4.98 Å². The molecule has 1 aromatic carbocycles. The van der Waals surface area contributed by atoms with Gasteiger partial charge in [-0.2, -0.15) is 0 Å². The van der Waals surface area contributed by atoms with Crippen LogP contribution in [-0.2, 0) is 0 Å². The summed E-state index contributed by atoms with van der Waals surface area (Å²) in [7, 11) is 0. The van der Waals surface area contributed by atoms with E-state index >= 15 is 0 Å². The van der Waals surface area contributed by atoms with Gasteiger partial charge >= 0.3 is 0 Å². The molecule has 2 rings (SSSR count). The normalized spacial score (nSPS) is 12.3. The third kappa shape index (κ3) is 3.53. The molecule has 0 aliphatic heterocycles. The zero-order valence-corrected chi connectivity index (χ0v) is 11.3. The van der Waals surface area contributed by atoms with E-state index in [2.05, 4.69) is 11.9 Å². The molecule has 0 fully saturated rings. The summed E-state index contributed by atoms with van der Waals surface area (Å²) in [5.41, 5.74) is 0.776. The Bertz CT molecular complexity index is 491. The van der Waals surface area contributed by atoms with Crippen molar-refractivity contribution in [3.63, 3.8) is 0 Å². The molecule has 1 atom stereocenters. The maximum Gasteiger partial charge on any atom is 0.185 e. The van der Waals surface area contributed by atoms with Crippen LogP contribution in [0, 0.1) is 0 Å². The van der Waals surface area contributed by atoms with Gasteiger partial charge in [0.25, 0.3) is 0 Å². The summed E-state index contributed by atoms with van der Waals surface area (Å²) in [5, 5.41) is 0. The Morgan fingerprint density at radius 1 is 1.26 bits per heavy atom. The average Bonchev–Trinajstić information content (AvgIpc) is 2.98. The van der Waals surface area contributed by atoms with Gasteiger partial charge in [0, 0.05) is 18.0 Å². The van der Waals surface area contributed by atoms with Crippen molar-refractivity contribution in [1.82, 2.24) is 9.55 Å². The van der Waals surface area contributed by atoms with E-state index in [9.17, 15) is 4.79 Å². The molecule has 0 bridgehead atoms. The molecule has 2 aromatic rings. The summed E-state index contributed by atoms with van der Waals surface area (Å²) in [6, 6.07) is 9.38. The Balaban J connectivity index is 2.15. The highest BCUT2D eigenvalue weighted by molar-refractivity contribution is 5.98. The third-order valence-corrected chi connectivity index (χ3v) is 3.33. The van der Waals surface area contributed by atoms with E-state index in [1.54, 1.807) is 12.5 Å². The van der Waals surface area contributed by atoms with Gasteiger partial charge in [0.15, 0.2) is 5.78 Å². The van der Waals surface area contributed by atoms with Gasteiger partial charge in [-0.05, 0) is 6.42 Å². The molecular formula is C16H20N2O. The molecule has 1 aromatic heterocycles. The molecule has 0 amide bonds. The highest BCUT2D eigenvalue weighted by atomic mass is 16.1. The van der Waals surface area contributed by atoms with E-state index in [-0.39, 0.29) is 11.8 Å². The van der Waals surface area contributed by atoms with Crippen molar-refractivity contribution in [2.75, 3.05) is 0 Å². The molecule has 0 N–H and O–H groups in total. The summed E-state index contributed by atoms with van der Waals surface area (Å²) in [5.74, 6) is 0.176. The number of ketones is 1. The lowest BCUT2D eigenvalue weighted by atomic mass is 9.99. The van der Waals surface area contributed by atoms with Crippen molar-refractivity contribution in [3.8, 4) is 0 Å². The van der Waals surface area contributed by atoms with Crippen LogP contribution in [0.5, 0.6) is 0 Å². The van der Waals surface area contributed by atoms with Crippen LogP contribution in [-0.4, -0.2) is 15.3 Å². The number of hydrogen-bond donors (Lipinski definition) is 0. The molecule has 0 spiro atoms. The van der Waals surface area contributed by atoms with Crippen LogP contribution < -0.4 is 0 Å². The molecule has 100 valence electrons. The van der Waals surface area contributed by atoms with Crippen molar-refractivity contribution in [2.45, 2.75) is 38.6 Å². The standard InChI is InChI=1S/C16H20N2O/c1-2-3-5-10-15(18-12-11-17-13-18)16(19)14-8-6-4-7-9-14/h4,6-9,11-13,15H,2-3,5,10H2,1H3. The lowest BCUT2D eigenvalue weighted by Gasteiger charge is -2.17. The summed E-state index contributed by atoms with van der Waals surface area (Å²) in [6.07, 6.45) is 9.60. The molecule has 0 radical (unpaired) electrons. The van der Waals surface area contributed by atoms with E-state index in [1.165, 1.54) is 0 Å². The van der Waals surface area contributed by atoms with Gasteiger partial charge in [-0.15, -0.1) is 0 Å². The summed E-state index contributed by atoms with van der Waals surface area (Å²) < 4.78 is 1.92. The van der Waals surface area contributed by atoms with Crippen molar-refractivity contribution < 1.29 is 4.79 Å². The molecule has 0 saturated carbocycles. The number of carbonyl (C=O) groups excluding carboxylic acids is 1. The van der Waals surface area contributed by atoms with Gasteiger partial charge < -0.3 is 4.57 Å². The van der Waals surface area contributed by atoms with E-state index in [0.717, 1.165) is 31.2 Å². The molecule has 1 unspecified atom stereocenters. The van der Waals surface area contributed by atoms with Gasteiger partial charge in [0.05, 0.1) is 12.4 Å². The molecule has 0 saturated heterocycles.